The van der Waals surface area contributed by atoms with Crippen LogP contribution in [0.4, 0.5) is 11.4 Å². The van der Waals surface area contributed by atoms with Crippen molar-refractivity contribution in [3.63, 3.8) is 0 Å². The van der Waals surface area contributed by atoms with E-state index in [0.29, 0.717) is 0 Å². The maximum atomic E-state index is 11.1. The summed E-state index contributed by atoms with van der Waals surface area (Å²) in [4.78, 5) is 10.5. The third-order valence-electron chi connectivity index (χ3n) is 2.93. The summed E-state index contributed by atoms with van der Waals surface area (Å²) in [6, 6.07) is 11.5. The molecule has 0 saturated heterocycles. The van der Waals surface area contributed by atoms with Crippen LogP contribution in [0, 0.1) is 10.1 Å². The van der Waals surface area contributed by atoms with Crippen molar-refractivity contribution in [1.82, 2.24) is 5.43 Å². The van der Waals surface area contributed by atoms with Crippen molar-refractivity contribution in [2.24, 2.45) is 5.10 Å². The Morgan fingerprint density at radius 1 is 1.38 bits per heavy atom. The van der Waals surface area contributed by atoms with Crippen molar-refractivity contribution in [1.29, 1.82) is 0 Å². The molecule has 0 radical (unpaired) electrons. The van der Waals surface area contributed by atoms with E-state index in [0.717, 1.165) is 11.8 Å². The zero-order valence-corrected chi connectivity index (χ0v) is 13.4. The molecule has 0 aromatic heterocycles. The van der Waals surface area contributed by atoms with Crippen molar-refractivity contribution in [3.05, 3.63) is 58.1 Å². The van der Waals surface area contributed by atoms with E-state index in [1.54, 1.807) is 0 Å². The van der Waals surface area contributed by atoms with Crippen molar-refractivity contribution in [2.45, 2.75) is 0 Å². The number of anilines is 1. The van der Waals surface area contributed by atoms with E-state index >= 15 is 0 Å². The van der Waals surface area contributed by atoms with Crippen LogP contribution in [0.1, 0.15) is 5.56 Å². The number of para-hydroxylation sites is 1. The Balaban J connectivity index is 2.09. The van der Waals surface area contributed by atoms with Crippen LogP contribution >= 0.6 is 12.2 Å². The number of nitro groups is 1. The number of nitrogens with one attached hydrogen (secondary N) is 2. The number of aromatic hydroxyl groups is 1. The summed E-state index contributed by atoms with van der Waals surface area (Å²) in [5.41, 5.74) is 3.18. The highest BCUT2D eigenvalue weighted by Crippen LogP contribution is 2.32. The van der Waals surface area contributed by atoms with E-state index in [2.05, 4.69) is 15.8 Å². The van der Waals surface area contributed by atoms with Gasteiger partial charge in [0, 0.05) is 5.69 Å². The Hall–Kier alpha value is -3.20. The number of ether oxygens (including phenoxy) is 1. The first kappa shape index (κ1) is 17.2. The highest BCUT2D eigenvalue weighted by molar-refractivity contribution is 7.80. The number of nitrogens with zero attached hydrogens (tertiary/aromatic N) is 2. The molecule has 2 aromatic carbocycles. The van der Waals surface area contributed by atoms with Gasteiger partial charge in [-0.15, -0.1) is 0 Å². The minimum atomic E-state index is -0.593. The Labute approximate surface area is 142 Å². The Morgan fingerprint density at radius 2 is 2.08 bits per heavy atom. The smallest absolute Gasteiger partial charge is 0.282 e. The molecule has 0 amide bonds. The number of phenolic OH excluding ortho intramolecular Hbond substituents is 1. The molecular formula is C15H14N4O4S. The van der Waals surface area contributed by atoms with Gasteiger partial charge < -0.3 is 15.2 Å². The number of rotatable bonds is 5. The van der Waals surface area contributed by atoms with Gasteiger partial charge in [0.15, 0.2) is 16.6 Å². The lowest BCUT2D eigenvalue weighted by Crippen LogP contribution is -2.23. The predicted molar refractivity (Wildman–Crippen MR) is 94.7 cm³/mol. The zero-order chi connectivity index (χ0) is 17.5. The lowest BCUT2D eigenvalue weighted by atomic mass is 10.1. The van der Waals surface area contributed by atoms with E-state index in [9.17, 15) is 15.2 Å². The molecular weight excluding hydrogens is 332 g/mol. The van der Waals surface area contributed by atoms with Gasteiger partial charge in [-0.05, 0) is 30.4 Å². The quantitative estimate of drug-likeness (QED) is 0.330. The lowest BCUT2D eigenvalue weighted by molar-refractivity contribution is -0.385. The lowest BCUT2D eigenvalue weighted by Gasteiger charge is -2.07. The zero-order valence-electron chi connectivity index (χ0n) is 12.6. The summed E-state index contributed by atoms with van der Waals surface area (Å²) in [6.45, 7) is 0. The molecule has 0 aliphatic carbocycles. The average Bonchev–Trinajstić information content (AvgIpc) is 2.55. The van der Waals surface area contributed by atoms with Crippen molar-refractivity contribution >= 4 is 34.9 Å². The maximum Gasteiger partial charge on any atom is 0.282 e. The van der Waals surface area contributed by atoms with E-state index in [-0.39, 0.29) is 27.9 Å². The van der Waals surface area contributed by atoms with Crippen LogP contribution in [0.25, 0.3) is 0 Å². The van der Waals surface area contributed by atoms with Crippen molar-refractivity contribution in [3.8, 4) is 11.5 Å². The molecule has 24 heavy (non-hydrogen) atoms. The summed E-state index contributed by atoms with van der Waals surface area (Å²) >= 11 is 5.06. The highest BCUT2D eigenvalue weighted by atomic mass is 32.1. The van der Waals surface area contributed by atoms with Gasteiger partial charge in [-0.3, -0.25) is 15.5 Å². The number of benzene rings is 2. The number of nitro benzene ring substituents is 1. The largest absolute Gasteiger partial charge is 0.504 e. The molecule has 9 heteroatoms. The fourth-order valence-corrected chi connectivity index (χ4v) is 2.01. The maximum absolute atomic E-state index is 11.1. The summed E-state index contributed by atoms with van der Waals surface area (Å²) < 4.78 is 4.85. The van der Waals surface area contributed by atoms with Crippen molar-refractivity contribution < 1.29 is 14.8 Å². The molecule has 8 nitrogen and oxygen atoms in total. The van der Waals surface area contributed by atoms with Crippen LogP contribution in [0.2, 0.25) is 0 Å². The van der Waals surface area contributed by atoms with Crippen molar-refractivity contribution in [2.75, 3.05) is 12.4 Å². The third-order valence-corrected chi connectivity index (χ3v) is 3.12. The van der Waals surface area contributed by atoms with Crippen LogP contribution in [-0.4, -0.2) is 28.5 Å². The van der Waals surface area contributed by atoms with Gasteiger partial charge in [-0.2, -0.15) is 5.10 Å². The molecule has 2 aromatic rings. The van der Waals surface area contributed by atoms with E-state index in [4.69, 9.17) is 17.0 Å². The molecule has 0 spiro atoms. The van der Waals surface area contributed by atoms with Crippen LogP contribution in [-0.2, 0) is 0 Å². The first-order valence-corrected chi connectivity index (χ1v) is 7.12. The Morgan fingerprint density at radius 3 is 2.71 bits per heavy atom. The molecule has 2 rings (SSSR count). The van der Waals surface area contributed by atoms with Gasteiger partial charge in [0.25, 0.3) is 5.69 Å². The normalized spacial score (nSPS) is 10.4. The highest BCUT2D eigenvalue weighted by Gasteiger charge is 2.17. The second-order valence-corrected chi connectivity index (χ2v) is 4.94. The molecule has 3 N–H and O–H groups in total. The van der Waals surface area contributed by atoms with Gasteiger partial charge in [0.1, 0.15) is 0 Å². The number of methoxy groups -OCH3 is 1. The molecule has 0 bridgehead atoms. The van der Waals surface area contributed by atoms with Gasteiger partial charge in [-0.1, -0.05) is 18.2 Å². The van der Waals surface area contributed by atoms with E-state index in [1.165, 1.54) is 19.4 Å². The van der Waals surface area contributed by atoms with Gasteiger partial charge in [-0.25, -0.2) is 0 Å². The van der Waals surface area contributed by atoms with Gasteiger partial charge in [0.05, 0.1) is 29.9 Å². The number of hydrogen-bond donors (Lipinski definition) is 3. The molecule has 0 unspecified atom stereocenters. The van der Waals surface area contributed by atoms with Crippen LogP contribution in [0.15, 0.2) is 47.6 Å². The van der Waals surface area contributed by atoms with E-state index < -0.39 is 4.92 Å². The Kier molecular flexibility index (Phi) is 5.63. The van der Waals surface area contributed by atoms with Gasteiger partial charge in [0.2, 0.25) is 0 Å². The summed E-state index contributed by atoms with van der Waals surface area (Å²) in [5, 5.41) is 27.8. The van der Waals surface area contributed by atoms with E-state index in [1.807, 2.05) is 30.3 Å². The fraction of sp³-hybridized carbons (Fsp3) is 0.0667. The second-order valence-electron chi connectivity index (χ2n) is 4.53. The first-order chi connectivity index (χ1) is 11.5. The molecule has 0 heterocycles. The number of thiocarbonyl (C=S) groups is 1. The molecule has 0 atom stereocenters. The first-order valence-electron chi connectivity index (χ1n) is 6.71. The topological polar surface area (TPSA) is 109 Å². The Bertz CT molecular complexity index is 781. The summed E-state index contributed by atoms with van der Waals surface area (Å²) in [7, 11) is 1.31. The third kappa shape index (κ3) is 4.40. The average molecular weight is 346 g/mol. The SMILES string of the molecule is COc1cc([N+](=O)[O-])c(/C=N/NC(=S)Nc2ccccc2)cc1O. The van der Waals surface area contributed by atoms with Crippen LogP contribution < -0.4 is 15.5 Å². The number of hydrazone groups is 1. The summed E-state index contributed by atoms with van der Waals surface area (Å²) in [6.07, 6.45) is 1.19. The monoisotopic (exact) mass is 346 g/mol. The predicted octanol–water partition coefficient (Wildman–Crippen LogP) is 2.63. The minimum Gasteiger partial charge on any atom is -0.504 e. The van der Waals surface area contributed by atoms with Crippen LogP contribution in [0.3, 0.4) is 0 Å². The molecule has 0 aliphatic heterocycles. The minimum absolute atomic E-state index is 0.00748. The molecule has 0 saturated carbocycles. The van der Waals surface area contributed by atoms with Gasteiger partial charge >= 0.3 is 0 Å². The molecule has 0 fully saturated rings. The summed E-state index contributed by atoms with van der Waals surface area (Å²) in [5.74, 6) is -0.220. The molecule has 124 valence electrons. The number of phenols is 1. The molecule has 0 aliphatic rings. The second kappa shape index (κ2) is 7.88. The number of hydrogen-bond acceptors (Lipinski definition) is 6. The fourth-order valence-electron chi connectivity index (χ4n) is 1.84. The van der Waals surface area contributed by atoms with Crippen LogP contribution in [0.5, 0.6) is 11.5 Å². The standard InChI is InChI=1S/C15H14N4O4S/c1-23-14-8-12(19(21)22)10(7-13(14)20)9-16-18-15(24)17-11-5-3-2-4-6-11/h2-9,20H,1H3,(H2,17,18,24)/b16-9+.